The summed E-state index contributed by atoms with van der Waals surface area (Å²) in [5.41, 5.74) is -0.128. The molecule has 1 unspecified atom stereocenters. The summed E-state index contributed by atoms with van der Waals surface area (Å²) in [5.74, 6) is -0.668. The molecular weight excluding hydrogens is 300 g/mol. The van der Waals surface area contributed by atoms with Gasteiger partial charge in [-0.1, -0.05) is 25.4 Å². The molecular formula is C13H17ClN2O5. The Balaban J connectivity index is 2.58. The van der Waals surface area contributed by atoms with Crippen LogP contribution in [0.3, 0.4) is 0 Å². The highest BCUT2D eigenvalue weighted by Gasteiger charge is 2.18. The molecule has 0 heterocycles. The van der Waals surface area contributed by atoms with Gasteiger partial charge in [-0.2, -0.15) is 0 Å². The van der Waals surface area contributed by atoms with E-state index in [1.165, 1.54) is 18.2 Å². The highest BCUT2D eigenvalue weighted by molar-refractivity contribution is 6.32. The van der Waals surface area contributed by atoms with Crippen molar-refractivity contribution in [2.45, 2.75) is 32.4 Å². The molecule has 0 amide bonds. The zero-order chi connectivity index (χ0) is 16.0. The van der Waals surface area contributed by atoms with E-state index in [-0.39, 0.29) is 35.5 Å². The largest absolute Gasteiger partial charge is 0.492 e. The highest BCUT2D eigenvalue weighted by Crippen LogP contribution is 2.28. The molecule has 0 saturated carbocycles. The second-order valence-corrected chi connectivity index (χ2v) is 5.13. The van der Waals surface area contributed by atoms with E-state index in [2.05, 4.69) is 5.32 Å². The third-order valence-electron chi connectivity index (χ3n) is 2.62. The van der Waals surface area contributed by atoms with Gasteiger partial charge in [0.2, 0.25) is 0 Å². The van der Waals surface area contributed by atoms with Crippen LogP contribution in [0.15, 0.2) is 18.2 Å². The molecule has 21 heavy (non-hydrogen) atoms. The van der Waals surface area contributed by atoms with Crippen molar-refractivity contribution in [3.05, 3.63) is 33.3 Å². The fourth-order valence-electron chi connectivity index (χ4n) is 1.69. The number of hydrogen-bond acceptors (Lipinski definition) is 5. The number of ether oxygens (including phenoxy) is 1. The standard InChI is InChI=1S/C13H17ClN2O5/c1-8(2)15-11(13(17)18)5-6-21-12-4-3-9(16(19)20)7-10(12)14/h3-4,7-8,11,15H,5-6H2,1-2H3,(H,17,18). The molecule has 7 nitrogen and oxygen atoms in total. The van der Waals surface area contributed by atoms with E-state index in [1.54, 1.807) is 0 Å². The first-order valence-electron chi connectivity index (χ1n) is 6.37. The number of aliphatic carboxylic acids is 1. The monoisotopic (exact) mass is 316 g/mol. The van der Waals surface area contributed by atoms with Crippen molar-refractivity contribution in [2.24, 2.45) is 0 Å². The van der Waals surface area contributed by atoms with E-state index in [9.17, 15) is 14.9 Å². The van der Waals surface area contributed by atoms with Gasteiger partial charge in [0.25, 0.3) is 5.69 Å². The predicted molar refractivity (Wildman–Crippen MR) is 77.9 cm³/mol. The second-order valence-electron chi connectivity index (χ2n) is 4.72. The summed E-state index contributed by atoms with van der Waals surface area (Å²) in [4.78, 5) is 21.1. The molecule has 116 valence electrons. The number of nitrogens with zero attached hydrogens (tertiary/aromatic N) is 1. The molecule has 8 heteroatoms. The molecule has 2 N–H and O–H groups in total. The molecule has 1 aromatic carbocycles. The number of halogens is 1. The molecule has 0 aliphatic carbocycles. The second kappa shape index (κ2) is 7.80. The molecule has 0 spiro atoms. The van der Waals surface area contributed by atoms with Gasteiger partial charge in [-0.25, -0.2) is 0 Å². The van der Waals surface area contributed by atoms with Crippen LogP contribution in [0.1, 0.15) is 20.3 Å². The fraction of sp³-hybridized carbons (Fsp3) is 0.462. The van der Waals surface area contributed by atoms with Crippen molar-refractivity contribution in [3.8, 4) is 5.75 Å². The maximum absolute atomic E-state index is 11.0. The Labute approximate surface area is 127 Å². The van der Waals surface area contributed by atoms with E-state index in [4.69, 9.17) is 21.4 Å². The average Bonchev–Trinajstić information content (AvgIpc) is 2.38. The molecule has 0 radical (unpaired) electrons. The van der Waals surface area contributed by atoms with E-state index >= 15 is 0 Å². The van der Waals surface area contributed by atoms with Crippen LogP contribution in [0.4, 0.5) is 5.69 Å². The Morgan fingerprint density at radius 3 is 2.67 bits per heavy atom. The van der Waals surface area contributed by atoms with Crippen LogP contribution in [0.5, 0.6) is 5.75 Å². The van der Waals surface area contributed by atoms with Gasteiger partial charge in [0.05, 0.1) is 16.6 Å². The van der Waals surface area contributed by atoms with Gasteiger partial charge in [-0.3, -0.25) is 14.9 Å². The summed E-state index contributed by atoms with van der Waals surface area (Å²) in [6.07, 6.45) is 0.251. The van der Waals surface area contributed by atoms with Crippen LogP contribution in [-0.4, -0.2) is 34.7 Å². The zero-order valence-electron chi connectivity index (χ0n) is 11.7. The first-order chi connectivity index (χ1) is 9.81. The Morgan fingerprint density at radius 2 is 2.19 bits per heavy atom. The number of non-ortho nitro benzene ring substituents is 1. The van der Waals surface area contributed by atoms with E-state index in [1.807, 2.05) is 13.8 Å². The van der Waals surface area contributed by atoms with Crippen LogP contribution in [0.25, 0.3) is 0 Å². The minimum Gasteiger partial charge on any atom is -0.492 e. The normalized spacial score (nSPS) is 12.2. The number of nitro benzene ring substituents is 1. The van der Waals surface area contributed by atoms with E-state index in [0.29, 0.717) is 0 Å². The Kier molecular flexibility index (Phi) is 6.39. The minimum atomic E-state index is -0.956. The highest BCUT2D eigenvalue weighted by atomic mass is 35.5. The third kappa shape index (κ3) is 5.57. The van der Waals surface area contributed by atoms with Crippen LogP contribution < -0.4 is 10.1 Å². The Bertz CT molecular complexity index is 521. The van der Waals surface area contributed by atoms with Crippen LogP contribution in [0, 0.1) is 10.1 Å². The van der Waals surface area contributed by atoms with Gasteiger partial charge in [0.15, 0.2) is 0 Å². The van der Waals surface area contributed by atoms with Gasteiger partial charge in [-0.05, 0) is 6.07 Å². The lowest BCUT2D eigenvalue weighted by molar-refractivity contribution is -0.384. The number of nitrogens with one attached hydrogen (secondary N) is 1. The molecule has 0 aromatic heterocycles. The summed E-state index contributed by atoms with van der Waals surface area (Å²) in [6, 6.07) is 3.18. The number of carboxylic acid groups (broad SMARTS) is 1. The van der Waals surface area contributed by atoms with Crippen molar-refractivity contribution in [1.82, 2.24) is 5.32 Å². The minimum absolute atomic E-state index is 0.0362. The summed E-state index contributed by atoms with van der Waals surface area (Å²) < 4.78 is 5.38. The van der Waals surface area contributed by atoms with Gasteiger partial charge >= 0.3 is 5.97 Å². The van der Waals surface area contributed by atoms with E-state index < -0.39 is 16.9 Å². The maximum Gasteiger partial charge on any atom is 0.320 e. The number of rotatable bonds is 8. The van der Waals surface area contributed by atoms with Gasteiger partial charge in [0.1, 0.15) is 11.8 Å². The van der Waals surface area contributed by atoms with Crippen molar-refractivity contribution in [1.29, 1.82) is 0 Å². The third-order valence-corrected chi connectivity index (χ3v) is 2.92. The Hall–Kier alpha value is -1.86. The molecule has 0 aliphatic rings. The number of carboxylic acids is 1. The SMILES string of the molecule is CC(C)NC(CCOc1ccc([N+](=O)[O-])cc1Cl)C(=O)O. The smallest absolute Gasteiger partial charge is 0.320 e. The average molecular weight is 317 g/mol. The quantitative estimate of drug-likeness (QED) is 0.564. The molecule has 1 aromatic rings. The van der Waals surface area contributed by atoms with Crippen molar-refractivity contribution in [2.75, 3.05) is 6.61 Å². The number of nitro groups is 1. The lowest BCUT2D eigenvalue weighted by atomic mass is 10.2. The Morgan fingerprint density at radius 1 is 1.52 bits per heavy atom. The predicted octanol–water partition coefficient (Wildman–Crippen LogP) is 2.47. The summed E-state index contributed by atoms with van der Waals surface area (Å²) in [5, 5.41) is 22.7. The van der Waals surface area contributed by atoms with Gasteiger partial charge in [0, 0.05) is 24.6 Å². The summed E-state index contributed by atoms with van der Waals surface area (Å²) in [7, 11) is 0. The van der Waals surface area contributed by atoms with Gasteiger partial charge in [-0.15, -0.1) is 0 Å². The van der Waals surface area contributed by atoms with Gasteiger partial charge < -0.3 is 15.2 Å². The molecule has 1 rings (SSSR count). The first kappa shape index (κ1) is 17.2. The number of hydrogen-bond donors (Lipinski definition) is 2. The molecule has 0 aliphatic heterocycles. The summed E-state index contributed by atoms with van der Waals surface area (Å²) >= 11 is 5.87. The van der Waals surface area contributed by atoms with Crippen LogP contribution in [0.2, 0.25) is 5.02 Å². The number of benzene rings is 1. The summed E-state index contributed by atoms with van der Waals surface area (Å²) in [6.45, 7) is 3.84. The van der Waals surface area contributed by atoms with E-state index in [0.717, 1.165) is 0 Å². The van der Waals surface area contributed by atoms with Crippen LogP contribution >= 0.6 is 11.6 Å². The van der Waals surface area contributed by atoms with Crippen LogP contribution in [-0.2, 0) is 4.79 Å². The zero-order valence-corrected chi connectivity index (χ0v) is 12.5. The molecule has 0 saturated heterocycles. The lowest BCUT2D eigenvalue weighted by Crippen LogP contribution is -2.41. The maximum atomic E-state index is 11.0. The van der Waals surface area contributed by atoms with Crippen molar-refractivity contribution < 1.29 is 19.6 Å². The molecule has 1 atom stereocenters. The number of carbonyl (C=O) groups is 1. The first-order valence-corrected chi connectivity index (χ1v) is 6.74. The van der Waals surface area contributed by atoms with Crippen molar-refractivity contribution >= 4 is 23.3 Å². The molecule has 0 bridgehead atoms. The lowest BCUT2D eigenvalue weighted by Gasteiger charge is -2.17. The fourth-order valence-corrected chi connectivity index (χ4v) is 1.92. The van der Waals surface area contributed by atoms with Crippen molar-refractivity contribution in [3.63, 3.8) is 0 Å². The molecule has 0 fully saturated rings. The topological polar surface area (TPSA) is 102 Å².